The lowest BCUT2D eigenvalue weighted by molar-refractivity contribution is -0.139. The maximum absolute atomic E-state index is 13.5. The number of benzene rings is 2. The highest BCUT2D eigenvalue weighted by Gasteiger charge is 2.52. The van der Waals surface area contributed by atoms with Crippen LogP contribution in [0.1, 0.15) is 37.3 Å². The summed E-state index contributed by atoms with van der Waals surface area (Å²) in [5.41, 5.74) is 0.911. The highest BCUT2D eigenvalue weighted by Crippen LogP contribution is 2.46. The van der Waals surface area contributed by atoms with E-state index in [4.69, 9.17) is 16.7 Å². The van der Waals surface area contributed by atoms with Crippen molar-refractivity contribution in [2.24, 2.45) is 11.8 Å². The molecule has 7 nitrogen and oxygen atoms in total. The summed E-state index contributed by atoms with van der Waals surface area (Å²) in [6.07, 6.45) is 5.84. The Morgan fingerprint density at radius 2 is 2.09 bits per heavy atom. The molecule has 0 aliphatic carbocycles. The summed E-state index contributed by atoms with van der Waals surface area (Å²) in [6, 6.07) is 12.5. The van der Waals surface area contributed by atoms with Gasteiger partial charge in [-0.05, 0) is 61.7 Å². The molecule has 4 N–H and O–H groups in total. The number of hydrogen-bond donors (Lipinski definition) is 4. The molecule has 1 fully saturated rings. The Morgan fingerprint density at radius 3 is 2.77 bits per heavy atom. The van der Waals surface area contributed by atoms with Crippen molar-refractivity contribution in [3.05, 3.63) is 70.8 Å². The van der Waals surface area contributed by atoms with Crippen molar-refractivity contribution >= 4 is 34.8 Å². The number of hydrogen-bond acceptors (Lipinski definition) is 5. The van der Waals surface area contributed by atoms with Crippen molar-refractivity contribution in [2.45, 2.75) is 38.3 Å². The molecule has 8 heteroatoms. The van der Waals surface area contributed by atoms with E-state index in [1.807, 2.05) is 24.3 Å². The van der Waals surface area contributed by atoms with Gasteiger partial charge in [0.05, 0.1) is 18.2 Å². The van der Waals surface area contributed by atoms with E-state index < -0.39 is 17.4 Å². The predicted molar refractivity (Wildman–Crippen MR) is 137 cm³/mol. The van der Waals surface area contributed by atoms with Crippen LogP contribution in [0, 0.1) is 11.8 Å². The van der Waals surface area contributed by atoms with Gasteiger partial charge in [0.25, 0.3) is 5.91 Å². The molecule has 4 rings (SSSR count). The number of nitrogens with one attached hydrogen (secondary N) is 2. The number of aliphatic hydroxyl groups excluding tert-OH is 1. The minimum absolute atomic E-state index is 0.00186. The van der Waals surface area contributed by atoms with Crippen LogP contribution in [0.25, 0.3) is 0 Å². The standard InChI is InChI=1S/C27H32ClN3O4/c1-18(5-2-3-14-32)27(35)23-15-21(28)9-12-24(23)31(26(27)34)17-19-7-10-22(11-8-19)30-25(33)20-6-4-13-29-16-20/h2,5,7-12,15,18,20,29,32,35H,3-4,6,13-14,16-17H2,1H3,(H,30,33)/b5-2+/t18-,20?,27+/m0/s1. The fourth-order valence-electron chi connectivity index (χ4n) is 4.79. The second-order valence-electron chi connectivity index (χ2n) is 9.28. The lowest BCUT2D eigenvalue weighted by atomic mass is 9.83. The zero-order valence-electron chi connectivity index (χ0n) is 19.8. The molecular formula is C27H32ClN3O4. The molecule has 35 heavy (non-hydrogen) atoms. The molecule has 1 saturated heterocycles. The Hall–Kier alpha value is -2.71. The Bertz CT molecular complexity index is 1100. The van der Waals surface area contributed by atoms with Crippen LogP contribution >= 0.6 is 11.6 Å². The summed E-state index contributed by atoms with van der Waals surface area (Å²) in [4.78, 5) is 27.6. The summed E-state index contributed by atoms with van der Waals surface area (Å²) in [5, 5.41) is 27.3. The second kappa shape index (κ2) is 10.9. The third kappa shape index (κ3) is 5.28. The van der Waals surface area contributed by atoms with Gasteiger partial charge in [-0.15, -0.1) is 0 Å². The molecule has 1 unspecified atom stereocenters. The van der Waals surface area contributed by atoms with Crippen molar-refractivity contribution in [3.63, 3.8) is 0 Å². The van der Waals surface area contributed by atoms with E-state index >= 15 is 0 Å². The topological polar surface area (TPSA) is 102 Å². The van der Waals surface area contributed by atoms with Gasteiger partial charge in [-0.25, -0.2) is 0 Å². The van der Waals surface area contributed by atoms with E-state index in [2.05, 4.69) is 10.6 Å². The first kappa shape index (κ1) is 25.4. The minimum Gasteiger partial charge on any atom is -0.396 e. The van der Waals surface area contributed by atoms with Gasteiger partial charge >= 0.3 is 0 Å². The summed E-state index contributed by atoms with van der Waals surface area (Å²) in [5.74, 6) is -0.951. The molecule has 2 heterocycles. The highest BCUT2D eigenvalue weighted by atomic mass is 35.5. The molecule has 2 amide bonds. The lowest BCUT2D eigenvalue weighted by Crippen LogP contribution is -2.44. The van der Waals surface area contributed by atoms with Crippen LogP contribution in [0.5, 0.6) is 0 Å². The number of amides is 2. The number of aliphatic hydroxyl groups is 2. The Labute approximate surface area is 210 Å². The SMILES string of the molecule is C[C@@H](/C=C/CCO)[C@]1(O)C(=O)N(Cc2ccc(NC(=O)C3CCCNC3)cc2)c2ccc(Cl)cc21. The number of piperidine rings is 1. The first-order valence-electron chi connectivity index (χ1n) is 12.1. The van der Waals surface area contributed by atoms with Crippen LogP contribution < -0.4 is 15.5 Å². The Kier molecular flexibility index (Phi) is 7.91. The molecule has 3 atom stereocenters. The molecule has 0 saturated carbocycles. The number of rotatable bonds is 8. The second-order valence-corrected chi connectivity index (χ2v) is 9.71. The fourth-order valence-corrected chi connectivity index (χ4v) is 4.96. The minimum atomic E-state index is -1.76. The van der Waals surface area contributed by atoms with E-state index in [0.717, 1.165) is 24.9 Å². The summed E-state index contributed by atoms with van der Waals surface area (Å²) in [6.45, 7) is 3.69. The van der Waals surface area contributed by atoms with E-state index in [1.165, 1.54) is 0 Å². The number of nitrogens with zero attached hydrogens (tertiary/aromatic N) is 1. The maximum atomic E-state index is 13.5. The molecule has 0 aromatic heterocycles. The fraction of sp³-hybridized carbons (Fsp3) is 0.407. The van der Waals surface area contributed by atoms with Crippen molar-refractivity contribution in [1.82, 2.24) is 5.32 Å². The maximum Gasteiger partial charge on any atom is 0.264 e. The number of carbonyl (C=O) groups is 2. The van der Waals surface area contributed by atoms with Gasteiger partial charge in [0.15, 0.2) is 5.60 Å². The largest absolute Gasteiger partial charge is 0.396 e. The molecule has 2 aromatic carbocycles. The van der Waals surface area contributed by atoms with Gasteiger partial charge in [0.1, 0.15) is 0 Å². The van der Waals surface area contributed by atoms with Crippen LogP contribution in [-0.4, -0.2) is 41.7 Å². The molecule has 186 valence electrons. The molecular weight excluding hydrogens is 466 g/mol. The first-order chi connectivity index (χ1) is 16.8. The molecule has 2 aliphatic heterocycles. The quantitative estimate of drug-likeness (QED) is 0.417. The van der Waals surface area contributed by atoms with Crippen molar-refractivity contribution < 1.29 is 19.8 Å². The highest BCUT2D eigenvalue weighted by molar-refractivity contribution is 6.31. The van der Waals surface area contributed by atoms with E-state index in [0.29, 0.717) is 34.9 Å². The van der Waals surface area contributed by atoms with Crippen LogP contribution in [0.15, 0.2) is 54.6 Å². The normalized spacial score (nSPS) is 22.9. The van der Waals surface area contributed by atoms with Gasteiger partial charge in [-0.3, -0.25) is 9.59 Å². The van der Waals surface area contributed by atoms with Gasteiger partial charge < -0.3 is 25.7 Å². The van der Waals surface area contributed by atoms with Crippen molar-refractivity contribution in [1.29, 1.82) is 0 Å². The summed E-state index contributed by atoms with van der Waals surface area (Å²) in [7, 11) is 0. The van der Waals surface area contributed by atoms with E-state index in [1.54, 1.807) is 42.2 Å². The third-order valence-corrected chi connectivity index (χ3v) is 7.08. The number of anilines is 2. The predicted octanol–water partition coefficient (Wildman–Crippen LogP) is 3.59. The average molecular weight is 498 g/mol. The number of carbonyl (C=O) groups excluding carboxylic acids is 2. The van der Waals surface area contributed by atoms with E-state index in [9.17, 15) is 14.7 Å². The zero-order chi connectivity index (χ0) is 25.0. The Morgan fingerprint density at radius 1 is 1.31 bits per heavy atom. The molecule has 0 bridgehead atoms. The Balaban J connectivity index is 1.52. The van der Waals surface area contributed by atoms with Crippen molar-refractivity contribution in [3.8, 4) is 0 Å². The first-order valence-corrected chi connectivity index (χ1v) is 12.4. The smallest absolute Gasteiger partial charge is 0.264 e. The number of fused-ring (bicyclic) bond motifs is 1. The van der Waals surface area contributed by atoms with Crippen LogP contribution in [0.3, 0.4) is 0 Å². The average Bonchev–Trinajstić information content (AvgIpc) is 3.08. The van der Waals surface area contributed by atoms with Gasteiger partial charge in [0, 0.05) is 35.3 Å². The van der Waals surface area contributed by atoms with Gasteiger partial charge in [-0.2, -0.15) is 0 Å². The van der Waals surface area contributed by atoms with Gasteiger partial charge in [0.2, 0.25) is 5.91 Å². The monoisotopic (exact) mass is 497 g/mol. The molecule has 0 radical (unpaired) electrons. The molecule has 0 spiro atoms. The summed E-state index contributed by atoms with van der Waals surface area (Å²) < 4.78 is 0. The van der Waals surface area contributed by atoms with Crippen LogP contribution in [0.2, 0.25) is 5.02 Å². The molecule has 2 aliphatic rings. The van der Waals surface area contributed by atoms with Crippen molar-refractivity contribution in [2.75, 3.05) is 29.9 Å². The molecule has 2 aromatic rings. The van der Waals surface area contributed by atoms with Crippen LogP contribution in [-0.2, 0) is 21.7 Å². The summed E-state index contributed by atoms with van der Waals surface area (Å²) >= 11 is 6.22. The van der Waals surface area contributed by atoms with E-state index in [-0.39, 0.29) is 25.0 Å². The third-order valence-electron chi connectivity index (χ3n) is 6.84. The van der Waals surface area contributed by atoms with Gasteiger partial charge in [-0.1, -0.05) is 42.8 Å². The zero-order valence-corrected chi connectivity index (χ0v) is 20.6. The lowest BCUT2D eigenvalue weighted by Gasteiger charge is -2.27. The number of halogens is 1. The van der Waals surface area contributed by atoms with Crippen LogP contribution in [0.4, 0.5) is 11.4 Å².